The number of hydrogen-bond donors (Lipinski definition) is 0. The van der Waals surface area contributed by atoms with Crippen molar-refractivity contribution in [2.75, 3.05) is 31.1 Å². The smallest absolute Gasteiger partial charge is 0.410 e. The van der Waals surface area contributed by atoms with E-state index in [1.165, 1.54) is 24.5 Å². The maximum atomic E-state index is 14.3. The first-order valence-corrected chi connectivity index (χ1v) is 13.6. The Hall–Kier alpha value is -3.43. The predicted molar refractivity (Wildman–Crippen MR) is 147 cm³/mol. The number of hydrogen-bond acceptors (Lipinski definition) is 7. The van der Waals surface area contributed by atoms with E-state index in [1.807, 2.05) is 48.5 Å². The maximum Gasteiger partial charge on any atom is 0.410 e. The molecule has 2 aliphatic heterocycles. The summed E-state index contributed by atoms with van der Waals surface area (Å²) < 4.78 is 26.1. The summed E-state index contributed by atoms with van der Waals surface area (Å²) in [5.74, 6) is 0.415. The quantitative estimate of drug-likeness (QED) is 0.477. The van der Waals surface area contributed by atoms with Crippen LogP contribution < -0.4 is 9.64 Å². The van der Waals surface area contributed by atoms with Crippen LogP contribution in [0.15, 0.2) is 30.7 Å². The molecule has 4 rings (SSSR count). The Morgan fingerprint density at radius 3 is 2.41 bits per heavy atom. The Kier molecular flexibility index (Phi) is 8.04. The van der Waals surface area contributed by atoms with Gasteiger partial charge >= 0.3 is 6.09 Å². The average molecular weight is 542 g/mol. The van der Waals surface area contributed by atoms with Crippen LogP contribution in [0.4, 0.5) is 15.0 Å². The molecule has 2 aromatic rings. The van der Waals surface area contributed by atoms with Crippen LogP contribution in [0.2, 0.25) is 0 Å². The van der Waals surface area contributed by atoms with Crippen LogP contribution in [0.1, 0.15) is 71.7 Å². The first kappa shape index (κ1) is 28.6. The lowest BCUT2D eigenvalue weighted by Gasteiger charge is -2.31. The molecular formula is C29H40FN5O4. The van der Waals surface area contributed by atoms with Gasteiger partial charge in [-0.1, -0.05) is 0 Å². The van der Waals surface area contributed by atoms with Gasteiger partial charge in [0, 0.05) is 43.7 Å². The van der Waals surface area contributed by atoms with Crippen molar-refractivity contribution >= 4 is 17.8 Å². The van der Waals surface area contributed by atoms with Gasteiger partial charge in [0.2, 0.25) is 0 Å². The lowest BCUT2D eigenvalue weighted by molar-refractivity contribution is 0.0276. The number of carbonyl (C=O) groups excluding carboxylic acids is 2. The van der Waals surface area contributed by atoms with Gasteiger partial charge < -0.3 is 24.2 Å². The van der Waals surface area contributed by atoms with Crippen LogP contribution in [0.5, 0.6) is 11.5 Å². The number of carbonyl (C=O) groups is 2. The third-order valence-corrected chi connectivity index (χ3v) is 7.23. The van der Waals surface area contributed by atoms with E-state index < -0.39 is 11.4 Å². The van der Waals surface area contributed by atoms with Gasteiger partial charge in [0.25, 0.3) is 5.91 Å². The van der Waals surface area contributed by atoms with Crippen molar-refractivity contribution in [2.24, 2.45) is 5.41 Å². The van der Waals surface area contributed by atoms with Crippen LogP contribution >= 0.6 is 0 Å². The van der Waals surface area contributed by atoms with E-state index in [2.05, 4.69) is 14.9 Å². The highest BCUT2D eigenvalue weighted by Crippen LogP contribution is 2.43. The van der Waals surface area contributed by atoms with Gasteiger partial charge in [0.05, 0.1) is 11.8 Å². The summed E-state index contributed by atoms with van der Waals surface area (Å²) in [4.78, 5) is 40.4. The fraction of sp³-hybridized carbons (Fsp3) is 0.586. The largest absolute Gasteiger partial charge is 0.451 e. The van der Waals surface area contributed by atoms with Crippen molar-refractivity contribution in [2.45, 2.75) is 79.0 Å². The minimum absolute atomic E-state index is 0.0643. The molecule has 1 aromatic heterocycles. The molecule has 212 valence electrons. The normalized spacial score (nSPS) is 19.3. The van der Waals surface area contributed by atoms with Gasteiger partial charge in [-0.2, -0.15) is 0 Å². The molecule has 1 spiro atoms. The van der Waals surface area contributed by atoms with Gasteiger partial charge in [0.15, 0.2) is 11.6 Å². The Balaban J connectivity index is 1.55. The van der Waals surface area contributed by atoms with Crippen LogP contribution in [0.3, 0.4) is 0 Å². The number of aromatic nitrogens is 2. The Morgan fingerprint density at radius 2 is 1.74 bits per heavy atom. The second-order valence-corrected chi connectivity index (χ2v) is 12.2. The van der Waals surface area contributed by atoms with Crippen molar-refractivity contribution in [3.8, 4) is 11.5 Å². The molecule has 0 bridgehead atoms. The topological polar surface area (TPSA) is 88.1 Å². The molecule has 1 unspecified atom stereocenters. The molecule has 10 heteroatoms. The molecule has 3 heterocycles. The van der Waals surface area contributed by atoms with Crippen molar-refractivity contribution in [1.82, 2.24) is 19.8 Å². The molecule has 0 radical (unpaired) electrons. The zero-order chi connectivity index (χ0) is 28.5. The van der Waals surface area contributed by atoms with E-state index in [9.17, 15) is 14.0 Å². The Morgan fingerprint density at radius 1 is 1.05 bits per heavy atom. The van der Waals surface area contributed by atoms with E-state index in [-0.39, 0.29) is 40.8 Å². The Labute approximate surface area is 230 Å². The van der Waals surface area contributed by atoms with E-state index in [4.69, 9.17) is 9.47 Å². The number of benzene rings is 1. The maximum absolute atomic E-state index is 14.3. The van der Waals surface area contributed by atoms with Crippen LogP contribution in [0.25, 0.3) is 0 Å². The van der Waals surface area contributed by atoms with E-state index in [0.29, 0.717) is 31.2 Å². The van der Waals surface area contributed by atoms with Crippen molar-refractivity contribution < 1.29 is 23.5 Å². The first-order valence-electron chi connectivity index (χ1n) is 13.6. The molecule has 2 amide bonds. The molecule has 1 aromatic carbocycles. The minimum Gasteiger partial charge on any atom is -0.451 e. The van der Waals surface area contributed by atoms with E-state index in [1.54, 1.807) is 16.0 Å². The number of nitrogens with zero attached hydrogens (tertiary/aromatic N) is 5. The molecule has 39 heavy (non-hydrogen) atoms. The second-order valence-electron chi connectivity index (χ2n) is 12.2. The van der Waals surface area contributed by atoms with E-state index in [0.717, 1.165) is 19.4 Å². The summed E-state index contributed by atoms with van der Waals surface area (Å²) in [6, 6.07) is 3.82. The second kappa shape index (κ2) is 11.0. The summed E-state index contributed by atoms with van der Waals surface area (Å²) in [6.45, 7) is 16.0. The third kappa shape index (κ3) is 6.42. The monoisotopic (exact) mass is 541 g/mol. The van der Waals surface area contributed by atoms with Gasteiger partial charge in [-0.15, -0.1) is 0 Å². The molecule has 9 nitrogen and oxygen atoms in total. The average Bonchev–Trinajstić information content (AvgIpc) is 3.46. The van der Waals surface area contributed by atoms with Gasteiger partial charge in [0.1, 0.15) is 23.5 Å². The summed E-state index contributed by atoms with van der Waals surface area (Å²) in [6.07, 6.45) is 4.52. The lowest BCUT2D eigenvalue weighted by Crippen LogP contribution is -2.42. The summed E-state index contributed by atoms with van der Waals surface area (Å²) in [7, 11) is 0. The van der Waals surface area contributed by atoms with Gasteiger partial charge in [-0.3, -0.25) is 4.79 Å². The molecule has 2 fully saturated rings. The number of anilines is 1. The fourth-order valence-electron chi connectivity index (χ4n) is 5.57. The third-order valence-electron chi connectivity index (χ3n) is 7.23. The minimum atomic E-state index is -0.538. The highest BCUT2D eigenvalue weighted by Gasteiger charge is 2.46. The zero-order valence-electron chi connectivity index (χ0n) is 24.0. The van der Waals surface area contributed by atoms with Crippen LogP contribution in [0, 0.1) is 11.2 Å². The summed E-state index contributed by atoms with van der Waals surface area (Å²) in [5.41, 5.74) is -0.455. The lowest BCUT2D eigenvalue weighted by atomic mass is 9.86. The molecule has 2 saturated heterocycles. The van der Waals surface area contributed by atoms with Gasteiger partial charge in [-0.25, -0.2) is 19.2 Å². The number of ether oxygens (including phenoxy) is 2. The predicted octanol–water partition coefficient (Wildman–Crippen LogP) is 5.50. The molecule has 0 aliphatic carbocycles. The SMILES string of the molecule is CC(C)N(C(=O)c1cc(F)ccc1Oc1cncnc1N1CCC2(CCN(C(=O)OC(C)(C)C)C2)C1)C(C)C. The number of halogens is 1. The number of likely N-dealkylation sites (tertiary alicyclic amines) is 1. The van der Waals surface area contributed by atoms with Crippen molar-refractivity contribution in [3.05, 3.63) is 42.1 Å². The van der Waals surface area contributed by atoms with Crippen LogP contribution in [-0.4, -0.2) is 75.6 Å². The zero-order valence-corrected chi connectivity index (χ0v) is 24.0. The summed E-state index contributed by atoms with van der Waals surface area (Å²) in [5, 5.41) is 0. The standard InChI is InChI=1S/C29H40FN5O4/c1-19(2)35(20(3)4)26(36)22-14-21(30)8-9-23(22)38-24-15-31-18-32-25(24)33-12-10-29(16-33)11-13-34(17-29)27(37)39-28(5,6)7/h8-9,14-15,18-20H,10-13,16-17H2,1-7H3. The fourth-order valence-corrected chi connectivity index (χ4v) is 5.57. The molecular weight excluding hydrogens is 501 g/mol. The van der Waals surface area contributed by atoms with Crippen molar-refractivity contribution in [1.29, 1.82) is 0 Å². The first-order chi connectivity index (χ1) is 18.3. The highest BCUT2D eigenvalue weighted by molar-refractivity contribution is 5.97. The van der Waals surface area contributed by atoms with Crippen LogP contribution in [-0.2, 0) is 4.74 Å². The molecule has 1 atom stereocenters. The molecule has 2 aliphatic rings. The van der Waals surface area contributed by atoms with E-state index >= 15 is 0 Å². The Bertz CT molecular complexity index is 1210. The molecule has 0 saturated carbocycles. The molecule has 0 N–H and O–H groups in total. The van der Waals surface area contributed by atoms with Crippen molar-refractivity contribution in [3.63, 3.8) is 0 Å². The van der Waals surface area contributed by atoms with Gasteiger partial charge in [-0.05, 0) is 79.5 Å². The highest BCUT2D eigenvalue weighted by atomic mass is 19.1. The number of rotatable bonds is 6. The number of amides is 2. The summed E-state index contributed by atoms with van der Waals surface area (Å²) >= 11 is 0.